The molecule has 1 saturated heterocycles. The van der Waals surface area contributed by atoms with Crippen molar-refractivity contribution >= 4 is 10.0 Å². The first-order valence-electron chi connectivity index (χ1n) is 5.51. The fraction of sp³-hybridized carbons (Fsp3) is 0.455. The summed E-state index contributed by atoms with van der Waals surface area (Å²) in [5, 5.41) is 0. The summed E-state index contributed by atoms with van der Waals surface area (Å²) in [5.74, 6) is 5.20. The van der Waals surface area contributed by atoms with Crippen LogP contribution in [0.4, 0.5) is 0 Å². The molecule has 0 amide bonds. The average Bonchev–Trinajstić information content (AvgIpc) is 2.80. The van der Waals surface area contributed by atoms with Crippen molar-refractivity contribution in [3.05, 3.63) is 30.3 Å². The third-order valence-corrected chi connectivity index (χ3v) is 4.84. The molecule has 1 unspecified atom stereocenters. The molecule has 0 bridgehead atoms. The lowest BCUT2D eigenvalue weighted by Crippen LogP contribution is -2.29. The molecule has 5 nitrogen and oxygen atoms in total. The first kappa shape index (κ1) is 12.5. The van der Waals surface area contributed by atoms with Crippen LogP contribution in [0.15, 0.2) is 35.2 Å². The van der Waals surface area contributed by atoms with Crippen LogP contribution in [0.2, 0.25) is 0 Å². The normalized spacial score (nSPS) is 21.8. The van der Waals surface area contributed by atoms with E-state index in [-0.39, 0.29) is 5.92 Å². The van der Waals surface area contributed by atoms with E-state index in [2.05, 4.69) is 4.84 Å². The third-order valence-electron chi connectivity index (χ3n) is 2.96. The van der Waals surface area contributed by atoms with E-state index in [1.807, 2.05) is 0 Å². The second-order valence-electron chi connectivity index (χ2n) is 4.16. The van der Waals surface area contributed by atoms with Crippen LogP contribution in [0.25, 0.3) is 0 Å². The van der Waals surface area contributed by atoms with Crippen molar-refractivity contribution in [3.8, 4) is 0 Å². The highest BCUT2D eigenvalue weighted by atomic mass is 32.2. The lowest BCUT2D eigenvalue weighted by atomic mass is 10.1. The van der Waals surface area contributed by atoms with Crippen molar-refractivity contribution in [1.29, 1.82) is 0 Å². The Morgan fingerprint density at radius 3 is 2.71 bits per heavy atom. The van der Waals surface area contributed by atoms with E-state index in [1.165, 1.54) is 4.31 Å². The van der Waals surface area contributed by atoms with Gasteiger partial charge < -0.3 is 4.84 Å². The van der Waals surface area contributed by atoms with Gasteiger partial charge in [-0.25, -0.2) is 14.3 Å². The summed E-state index contributed by atoms with van der Waals surface area (Å²) >= 11 is 0. The van der Waals surface area contributed by atoms with Gasteiger partial charge in [-0.2, -0.15) is 4.31 Å². The zero-order valence-corrected chi connectivity index (χ0v) is 10.3. The SMILES string of the molecule is NOCC1CCN(S(=O)(=O)c2ccccc2)C1. The summed E-state index contributed by atoms with van der Waals surface area (Å²) in [4.78, 5) is 4.91. The van der Waals surface area contributed by atoms with Gasteiger partial charge in [-0.15, -0.1) is 0 Å². The molecule has 1 aromatic carbocycles. The molecule has 0 spiro atoms. The van der Waals surface area contributed by atoms with Crippen LogP contribution in [0.5, 0.6) is 0 Å². The van der Waals surface area contributed by atoms with E-state index in [0.29, 0.717) is 24.6 Å². The van der Waals surface area contributed by atoms with E-state index in [4.69, 9.17) is 5.90 Å². The predicted molar refractivity (Wildman–Crippen MR) is 63.4 cm³/mol. The summed E-state index contributed by atoms with van der Waals surface area (Å²) in [7, 11) is -3.35. The Labute approximate surface area is 101 Å². The number of hydrogen-bond acceptors (Lipinski definition) is 4. The van der Waals surface area contributed by atoms with E-state index in [9.17, 15) is 8.42 Å². The van der Waals surface area contributed by atoms with Crippen LogP contribution < -0.4 is 5.90 Å². The first-order chi connectivity index (χ1) is 8.14. The Morgan fingerprint density at radius 2 is 2.06 bits per heavy atom. The first-order valence-corrected chi connectivity index (χ1v) is 6.95. The Hall–Kier alpha value is -0.950. The number of nitrogens with zero attached hydrogens (tertiary/aromatic N) is 1. The summed E-state index contributed by atoms with van der Waals surface area (Å²) in [6.07, 6.45) is 0.795. The van der Waals surface area contributed by atoms with Gasteiger partial charge in [0, 0.05) is 13.1 Å². The standard InChI is InChI=1S/C11H16N2O3S/c12-16-9-10-6-7-13(8-10)17(14,15)11-4-2-1-3-5-11/h1-5,10H,6-9,12H2. The maximum absolute atomic E-state index is 12.2. The minimum absolute atomic E-state index is 0.193. The molecule has 1 fully saturated rings. The monoisotopic (exact) mass is 256 g/mol. The van der Waals surface area contributed by atoms with Gasteiger partial charge in [0.15, 0.2) is 0 Å². The third kappa shape index (κ3) is 2.66. The topological polar surface area (TPSA) is 72.6 Å². The van der Waals surface area contributed by atoms with Crippen molar-refractivity contribution in [2.45, 2.75) is 11.3 Å². The summed E-state index contributed by atoms with van der Waals surface area (Å²) in [5.41, 5.74) is 0. The zero-order chi connectivity index (χ0) is 12.3. The zero-order valence-electron chi connectivity index (χ0n) is 9.45. The Balaban J connectivity index is 2.13. The fourth-order valence-corrected chi connectivity index (χ4v) is 3.58. The average molecular weight is 256 g/mol. The van der Waals surface area contributed by atoms with Gasteiger partial charge in [0.2, 0.25) is 10.0 Å². The Bertz CT molecular complexity index is 461. The quantitative estimate of drug-likeness (QED) is 0.800. The van der Waals surface area contributed by atoms with E-state index >= 15 is 0 Å². The van der Waals surface area contributed by atoms with Crippen molar-refractivity contribution < 1.29 is 13.3 Å². The van der Waals surface area contributed by atoms with Gasteiger partial charge in [0.1, 0.15) is 0 Å². The molecule has 0 radical (unpaired) electrons. The molecule has 0 saturated carbocycles. The van der Waals surface area contributed by atoms with Crippen LogP contribution in [0, 0.1) is 5.92 Å². The number of hydrogen-bond donors (Lipinski definition) is 1. The van der Waals surface area contributed by atoms with E-state index in [0.717, 1.165) is 6.42 Å². The minimum Gasteiger partial charge on any atom is -0.304 e. The molecule has 2 rings (SSSR count). The molecule has 2 N–H and O–H groups in total. The van der Waals surface area contributed by atoms with Gasteiger partial charge in [-0.3, -0.25) is 0 Å². The van der Waals surface area contributed by atoms with Crippen LogP contribution in [0.1, 0.15) is 6.42 Å². The molecule has 6 heteroatoms. The van der Waals surface area contributed by atoms with E-state index < -0.39 is 10.0 Å². The van der Waals surface area contributed by atoms with Gasteiger partial charge in [-0.1, -0.05) is 18.2 Å². The Kier molecular flexibility index (Phi) is 3.78. The van der Waals surface area contributed by atoms with Gasteiger partial charge >= 0.3 is 0 Å². The molecule has 1 atom stereocenters. The van der Waals surface area contributed by atoms with Crippen molar-refractivity contribution in [2.24, 2.45) is 11.8 Å². The van der Waals surface area contributed by atoms with Gasteiger partial charge in [0.05, 0.1) is 11.5 Å². The van der Waals surface area contributed by atoms with Crippen molar-refractivity contribution in [3.63, 3.8) is 0 Å². The Morgan fingerprint density at radius 1 is 1.35 bits per heavy atom. The van der Waals surface area contributed by atoms with Crippen LogP contribution in [-0.2, 0) is 14.9 Å². The number of nitrogens with two attached hydrogens (primary N) is 1. The number of benzene rings is 1. The van der Waals surface area contributed by atoms with Gasteiger partial charge in [-0.05, 0) is 24.5 Å². The van der Waals surface area contributed by atoms with Gasteiger partial charge in [0.25, 0.3) is 0 Å². The summed E-state index contributed by atoms with van der Waals surface area (Å²) < 4.78 is 26.0. The van der Waals surface area contributed by atoms with Crippen LogP contribution in [-0.4, -0.2) is 32.4 Å². The number of sulfonamides is 1. The smallest absolute Gasteiger partial charge is 0.243 e. The summed E-state index contributed by atoms with van der Waals surface area (Å²) in [6, 6.07) is 8.48. The molecular formula is C11H16N2O3S. The lowest BCUT2D eigenvalue weighted by Gasteiger charge is -2.16. The second-order valence-corrected chi connectivity index (χ2v) is 6.10. The molecule has 1 aliphatic heterocycles. The maximum atomic E-state index is 12.2. The number of rotatable bonds is 4. The van der Waals surface area contributed by atoms with Crippen molar-refractivity contribution in [1.82, 2.24) is 4.31 Å². The molecule has 0 aliphatic carbocycles. The van der Waals surface area contributed by atoms with E-state index in [1.54, 1.807) is 30.3 Å². The maximum Gasteiger partial charge on any atom is 0.243 e. The molecule has 17 heavy (non-hydrogen) atoms. The molecule has 1 aromatic rings. The van der Waals surface area contributed by atoms with Crippen LogP contribution in [0.3, 0.4) is 0 Å². The fourth-order valence-electron chi connectivity index (χ4n) is 2.03. The highest BCUT2D eigenvalue weighted by molar-refractivity contribution is 7.89. The molecule has 94 valence electrons. The highest BCUT2D eigenvalue weighted by Crippen LogP contribution is 2.23. The molecule has 1 aliphatic rings. The molecule has 1 heterocycles. The predicted octanol–water partition coefficient (Wildman–Crippen LogP) is 0.587. The minimum atomic E-state index is -3.35. The second kappa shape index (κ2) is 5.14. The molecule has 0 aromatic heterocycles. The summed E-state index contributed by atoms with van der Waals surface area (Å²) in [6.45, 7) is 1.42. The largest absolute Gasteiger partial charge is 0.304 e. The van der Waals surface area contributed by atoms with Crippen LogP contribution >= 0.6 is 0 Å². The molecular weight excluding hydrogens is 240 g/mol. The lowest BCUT2D eigenvalue weighted by molar-refractivity contribution is 0.106. The highest BCUT2D eigenvalue weighted by Gasteiger charge is 2.32. The van der Waals surface area contributed by atoms with Crippen molar-refractivity contribution in [2.75, 3.05) is 19.7 Å².